The molecule has 1 aromatic heterocycles. The molecular formula is C10H19N5. The molecule has 5 nitrogen and oxygen atoms in total. The number of likely N-dealkylation sites (N-methyl/N-ethyl adjacent to an activating group) is 1. The zero-order valence-corrected chi connectivity index (χ0v) is 9.78. The predicted octanol–water partition coefficient (Wildman–Crippen LogP) is 0.811. The molecule has 3 N–H and O–H groups in total. The summed E-state index contributed by atoms with van der Waals surface area (Å²) in [6.07, 6.45) is 3.20. The van der Waals surface area contributed by atoms with Gasteiger partial charge >= 0.3 is 0 Å². The van der Waals surface area contributed by atoms with Crippen molar-refractivity contribution in [2.24, 2.45) is 0 Å². The van der Waals surface area contributed by atoms with Crippen LogP contribution in [-0.4, -0.2) is 41.0 Å². The molecule has 0 saturated heterocycles. The fraction of sp³-hybridized carbons (Fsp3) is 0.600. The van der Waals surface area contributed by atoms with Crippen LogP contribution in [0.2, 0.25) is 0 Å². The molecule has 84 valence electrons. The van der Waals surface area contributed by atoms with E-state index in [0.29, 0.717) is 11.6 Å². The predicted molar refractivity (Wildman–Crippen MR) is 62.7 cm³/mol. The van der Waals surface area contributed by atoms with Crippen molar-refractivity contribution in [2.75, 3.05) is 31.7 Å². The van der Waals surface area contributed by atoms with Gasteiger partial charge in [-0.3, -0.25) is 4.98 Å². The molecule has 1 aromatic rings. The molecule has 1 rings (SSSR count). The molecule has 0 atom stereocenters. The van der Waals surface area contributed by atoms with Crippen LogP contribution in [0.3, 0.4) is 0 Å². The summed E-state index contributed by atoms with van der Waals surface area (Å²) >= 11 is 0. The first-order valence-electron chi connectivity index (χ1n) is 4.90. The maximum atomic E-state index is 5.53. The van der Waals surface area contributed by atoms with Gasteiger partial charge in [0.1, 0.15) is 11.6 Å². The number of nitrogens with two attached hydrogens (primary N) is 1. The monoisotopic (exact) mass is 209 g/mol. The van der Waals surface area contributed by atoms with Gasteiger partial charge in [0.05, 0.1) is 12.4 Å². The number of nitrogen functional groups attached to an aromatic ring is 1. The van der Waals surface area contributed by atoms with Gasteiger partial charge in [-0.25, -0.2) is 4.98 Å². The molecule has 0 saturated carbocycles. The Morgan fingerprint density at radius 1 is 1.40 bits per heavy atom. The van der Waals surface area contributed by atoms with Gasteiger partial charge < -0.3 is 16.0 Å². The third kappa shape index (κ3) is 3.36. The van der Waals surface area contributed by atoms with Crippen LogP contribution in [0.4, 0.5) is 11.6 Å². The first-order valence-corrected chi connectivity index (χ1v) is 4.90. The van der Waals surface area contributed by atoms with Crippen LogP contribution in [0.1, 0.15) is 13.8 Å². The van der Waals surface area contributed by atoms with Crippen molar-refractivity contribution in [1.29, 1.82) is 0 Å². The van der Waals surface area contributed by atoms with Gasteiger partial charge in [-0.15, -0.1) is 0 Å². The summed E-state index contributed by atoms with van der Waals surface area (Å²) < 4.78 is 0. The minimum absolute atomic E-state index is 0.0618. The molecule has 0 amide bonds. The highest BCUT2D eigenvalue weighted by Gasteiger charge is 2.19. The molecule has 15 heavy (non-hydrogen) atoms. The van der Waals surface area contributed by atoms with E-state index in [9.17, 15) is 0 Å². The SMILES string of the molecule is CN(C)C(C)(C)CNc1cncc(N)n1. The average Bonchev–Trinajstić information content (AvgIpc) is 2.15. The number of hydrogen-bond donors (Lipinski definition) is 2. The number of nitrogens with one attached hydrogen (secondary N) is 1. The minimum atomic E-state index is 0.0618. The third-order valence-electron chi connectivity index (χ3n) is 2.57. The first-order chi connectivity index (χ1) is 6.92. The Bertz CT molecular complexity index is 321. The molecule has 0 radical (unpaired) electrons. The number of anilines is 2. The molecule has 0 aliphatic heterocycles. The molecule has 0 bridgehead atoms. The molecule has 0 fully saturated rings. The molecule has 5 heteroatoms. The molecule has 0 unspecified atom stereocenters. The van der Waals surface area contributed by atoms with Crippen LogP contribution < -0.4 is 11.1 Å². The Morgan fingerprint density at radius 2 is 2.07 bits per heavy atom. The Labute approximate surface area is 90.7 Å². The van der Waals surface area contributed by atoms with Gasteiger partial charge in [0.2, 0.25) is 0 Å². The standard InChI is InChI=1S/C10H19N5/c1-10(2,15(3)4)7-13-9-6-12-5-8(11)14-9/h5-6H,7H2,1-4H3,(H3,11,13,14). The van der Waals surface area contributed by atoms with Crippen LogP contribution in [0.15, 0.2) is 12.4 Å². The molecule has 1 heterocycles. The Hall–Kier alpha value is -1.36. The number of aromatic nitrogens is 2. The Balaban J connectivity index is 2.57. The van der Waals surface area contributed by atoms with E-state index in [0.717, 1.165) is 6.54 Å². The fourth-order valence-electron chi connectivity index (χ4n) is 0.931. The highest BCUT2D eigenvalue weighted by molar-refractivity contribution is 5.38. The molecule has 0 aliphatic carbocycles. The second-order valence-corrected chi connectivity index (χ2v) is 4.39. The third-order valence-corrected chi connectivity index (χ3v) is 2.57. The van der Waals surface area contributed by atoms with Gasteiger partial charge in [-0.2, -0.15) is 0 Å². The van der Waals surface area contributed by atoms with Crippen LogP contribution in [0.5, 0.6) is 0 Å². The number of nitrogens with zero attached hydrogens (tertiary/aromatic N) is 3. The van der Waals surface area contributed by atoms with Gasteiger partial charge in [-0.05, 0) is 27.9 Å². The Morgan fingerprint density at radius 3 is 2.60 bits per heavy atom. The molecule has 0 aliphatic rings. The summed E-state index contributed by atoms with van der Waals surface area (Å²) in [6.45, 7) is 5.09. The highest BCUT2D eigenvalue weighted by Crippen LogP contribution is 2.11. The van der Waals surface area contributed by atoms with Gasteiger partial charge in [0.25, 0.3) is 0 Å². The van der Waals surface area contributed by atoms with E-state index in [-0.39, 0.29) is 5.54 Å². The largest absolute Gasteiger partial charge is 0.382 e. The van der Waals surface area contributed by atoms with Crippen molar-refractivity contribution >= 4 is 11.6 Å². The van der Waals surface area contributed by atoms with E-state index >= 15 is 0 Å². The summed E-state index contributed by atoms with van der Waals surface area (Å²) in [6, 6.07) is 0. The summed E-state index contributed by atoms with van der Waals surface area (Å²) in [5.41, 5.74) is 5.60. The van der Waals surface area contributed by atoms with Gasteiger partial charge in [0.15, 0.2) is 0 Å². The molecular weight excluding hydrogens is 190 g/mol. The van der Waals surface area contributed by atoms with Gasteiger partial charge in [-0.1, -0.05) is 0 Å². The smallest absolute Gasteiger partial charge is 0.147 e. The maximum Gasteiger partial charge on any atom is 0.147 e. The van der Waals surface area contributed by atoms with E-state index < -0.39 is 0 Å². The van der Waals surface area contributed by atoms with Crippen molar-refractivity contribution in [3.8, 4) is 0 Å². The summed E-state index contributed by atoms with van der Waals surface area (Å²) in [5.74, 6) is 1.15. The van der Waals surface area contributed by atoms with E-state index in [1.54, 1.807) is 6.20 Å². The second-order valence-electron chi connectivity index (χ2n) is 4.39. The topological polar surface area (TPSA) is 67.1 Å². The van der Waals surface area contributed by atoms with Crippen LogP contribution in [0, 0.1) is 0 Å². The maximum absolute atomic E-state index is 5.53. The summed E-state index contributed by atoms with van der Waals surface area (Å²) in [4.78, 5) is 10.2. The zero-order valence-electron chi connectivity index (χ0n) is 9.78. The van der Waals surface area contributed by atoms with E-state index in [1.807, 2.05) is 14.1 Å². The Kier molecular flexibility index (Phi) is 3.47. The lowest BCUT2D eigenvalue weighted by Gasteiger charge is -2.32. The average molecular weight is 209 g/mol. The first kappa shape index (κ1) is 11.7. The van der Waals surface area contributed by atoms with Crippen molar-refractivity contribution in [2.45, 2.75) is 19.4 Å². The molecule has 0 aromatic carbocycles. The molecule has 0 spiro atoms. The van der Waals surface area contributed by atoms with Crippen molar-refractivity contribution in [3.63, 3.8) is 0 Å². The van der Waals surface area contributed by atoms with Crippen LogP contribution in [-0.2, 0) is 0 Å². The fourth-order valence-corrected chi connectivity index (χ4v) is 0.931. The highest BCUT2D eigenvalue weighted by atomic mass is 15.2. The van der Waals surface area contributed by atoms with E-state index in [4.69, 9.17) is 5.73 Å². The second kappa shape index (κ2) is 4.44. The van der Waals surface area contributed by atoms with Crippen molar-refractivity contribution in [3.05, 3.63) is 12.4 Å². The lowest BCUT2D eigenvalue weighted by molar-refractivity contribution is 0.210. The van der Waals surface area contributed by atoms with Crippen LogP contribution in [0.25, 0.3) is 0 Å². The summed E-state index contributed by atoms with van der Waals surface area (Å²) in [5, 5.41) is 3.21. The van der Waals surface area contributed by atoms with Crippen molar-refractivity contribution < 1.29 is 0 Å². The van der Waals surface area contributed by atoms with Crippen molar-refractivity contribution in [1.82, 2.24) is 14.9 Å². The van der Waals surface area contributed by atoms with E-state index in [1.165, 1.54) is 6.20 Å². The minimum Gasteiger partial charge on any atom is -0.382 e. The van der Waals surface area contributed by atoms with E-state index in [2.05, 4.69) is 34.0 Å². The number of hydrogen-bond acceptors (Lipinski definition) is 5. The lowest BCUT2D eigenvalue weighted by Crippen LogP contribution is -2.44. The number of rotatable bonds is 4. The van der Waals surface area contributed by atoms with Gasteiger partial charge in [0, 0.05) is 12.1 Å². The van der Waals surface area contributed by atoms with Crippen LogP contribution >= 0.6 is 0 Å². The quantitative estimate of drug-likeness (QED) is 0.768. The zero-order chi connectivity index (χ0) is 11.5. The summed E-state index contributed by atoms with van der Waals surface area (Å²) in [7, 11) is 4.10. The normalized spacial score (nSPS) is 11.8. The lowest BCUT2D eigenvalue weighted by atomic mass is 10.0.